The SMILES string of the molecule is CCCCC1CCC(C(=O)Nc2ccccc2CC(=O)O)CC1. The van der Waals surface area contributed by atoms with Crippen LogP contribution in [0.2, 0.25) is 0 Å². The lowest BCUT2D eigenvalue weighted by Gasteiger charge is -2.28. The number of anilines is 1. The zero-order valence-electron chi connectivity index (χ0n) is 13.9. The van der Waals surface area contributed by atoms with Gasteiger partial charge >= 0.3 is 5.97 Å². The van der Waals surface area contributed by atoms with Crippen LogP contribution in [0.5, 0.6) is 0 Å². The van der Waals surface area contributed by atoms with Gasteiger partial charge < -0.3 is 10.4 Å². The van der Waals surface area contributed by atoms with Crippen molar-refractivity contribution in [3.05, 3.63) is 29.8 Å². The van der Waals surface area contributed by atoms with Crippen LogP contribution in [0.15, 0.2) is 24.3 Å². The molecule has 0 aromatic heterocycles. The molecule has 1 aromatic carbocycles. The van der Waals surface area contributed by atoms with E-state index in [1.807, 2.05) is 6.07 Å². The number of para-hydroxylation sites is 1. The van der Waals surface area contributed by atoms with Gasteiger partial charge in [0.1, 0.15) is 0 Å². The molecule has 126 valence electrons. The van der Waals surface area contributed by atoms with Crippen LogP contribution in [0.3, 0.4) is 0 Å². The fourth-order valence-corrected chi connectivity index (χ4v) is 3.40. The molecule has 0 unspecified atom stereocenters. The zero-order valence-corrected chi connectivity index (χ0v) is 13.9. The van der Waals surface area contributed by atoms with Crippen molar-refractivity contribution >= 4 is 17.6 Å². The third-order valence-corrected chi connectivity index (χ3v) is 4.80. The molecule has 4 nitrogen and oxygen atoms in total. The number of carboxylic acids is 1. The molecule has 0 radical (unpaired) electrons. The van der Waals surface area contributed by atoms with Crippen molar-refractivity contribution < 1.29 is 14.7 Å². The summed E-state index contributed by atoms with van der Waals surface area (Å²) < 4.78 is 0. The molecule has 0 aliphatic heterocycles. The Balaban J connectivity index is 1.89. The molecule has 4 heteroatoms. The number of aliphatic carboxylic acids is 1. The number of hydrogen-bond donors (Lipinski definition) is 2. The lowest BCUT2D eigenvalue weighted by Crippen LogP contribution is -2.27. The highest BCUT2D eigenvalue weighted by Crippen LogP contribution is 2.32. The summed E-state index contributed by atoms with van der Waals surface area (Å²) in [5, 5.41) is 11.9. The first-order chi connectivity index (χ1) is 11.1. The lowest BCUT2D eigenvalue weighted by molar-refractivity contribution is -0.136. The van der Waals surface area contributed by atoms with Crippen LogP contribution in [0.4, 0.5) is 5.69 Å². The van der Waals surface area contributed by atoms with Crippen LogP contribution in [-0.4, -0.2) is 17.0 Å². The fourth-order valence-electron chi connectivity index (χ4n) is 3.40. The van der Waals surface area contributed by atoms with E-state index < -0.39 is 5.97 Å². The van der Waals surface area contributed by atoms with Crippen LogP contribution >= 0.6 is 0 Å². The Labute approximate surface area is 138 Å². The van der Waals surface area contributed by atoms with Crippen molar-refractivity contribution in [1.82, 2.24) is 0 Å². The molecular weight excluding hydrogens is 290 g/mol. The number of carbonyl (C=O) groups excluding carboxylic acids is 1. The third kappa shape index (κ3) is 5.38. The number of hydrogen-bond acceptors (Lipinski definition) is 2. The summed E-state index contributed by atoms with van der Waals surface area (Å²) in [6, 6.07) is 7.16. The largest absolute Gasteiger partial charge is 0.481 e. The summed E-state index contributed by atoms with van der Waals surface area (Å²) in [7, 11) is 0. The molecule has 0 bridgehead atoms. The Hall–Kier alpha value is -1.84. The van der Waals surface area contributed by atoms with Gasteiger partial charge in [0.2, 0.25) is 5.91 Å². The summed E-state index contributed by atoms with van der Waals surface area (Å²) in [5.74, 6) is -0.0102. The molecule has 0 saturated heterocycles. The van der Waals surface area contributed by atoms with Crippen molar-refractivity contribution in [2.75, 3.05) is 5.32 Å². The Bertz CT molecular complexity index is 533. The van der Waals surface area contributed by atoms with E-state index in [9.17, 15) is 9.59 Å². The summed E-state index contributed by atoms with van der Waals surface area (Å²) in [6.45, 7) is 2.22. The second kappa shape index (κ2) is 8.70. The van der Waals surface area contributed by atoms with Crippen LogP contribution < -0.4 is 5.32 Å². The van der Waals surface area contributed by atoms with E-state index in [1.165, 1.54) is 19.3 Å². The Morgan fingerprint density at radius 3 is 2.52 bits per heavy atom. The van der Waals surface area contributed by atoms with Gasteiger partial charge in [0.05, 0.1) is 6.42 Å². The van der Waals surface area contributed by atoms with E-state index in [2.05, 4.69) is 12.2 Å². The van der Waals surface area contributed by atoms with E-state index in [1.54, 1.807) is 18.2 Å². The number of carbonyl (C=O) groups is 2. The van der Waals surface area contributed by atoms with Gasteiger partial charge in [-0.25, -0.2) is 0 Å². The first-order valence-electron chi connectivity index (χ1n) is 8.70. The number of benzene rings is 1. The summed E-state index contributed by atoms with van der Waals surface area (Å²) in [4.78, 5) is 23.4. The van der Waals surface area contributed by atoms with E-state index in [-0.39, 0.29) is 18.2 Å². The number of unbranched alkanes of at least 4 members (excludes halogenated alkanes) is 1. The molecule has 23 heavy (non-hydrogen) atoms. The van der Waals surface area contributed by atoms with Gasteiger partial charge in [-0.2, -0.15) is 0 Å². The minimum Gasteiger partial charge on any atom is -0.481 e. The Morgan fingerprint density at radius 1 is 1.17 bits per heavy atom. The van der Waals surface area contributed by atoms with E-state index in [0.717, 1.165) is 31.6 Å². The maximum Gasteiger partial charge on any atom is 0.307 e. The predicted octanol–water partition coefficient (Wildman–Crippen LogP) is 4.25. The number of carboxylic acid groups (broad SMARTS) is 1. The highest BCUT2D eigenvalue weighted by Gasteiger charge is 2.26. The van der Waals surface area contributed by atoms with Gasteiger partial charge in [0, 0.05) is 11.6 Å². The topological polar surface area (TPSA) is 66.4 Å². The van der Waals surface area contributed by atoms with Gasteiger partial charge in [0.15, 0.2) is 0 Å². The minimum atomic E-state index is -0.886. The molecule has 1 fully saturated rings. The molecule has 1 aliphatic carbocycles. The van der Waals surface area contributed by atoms with Crippen molar-refractivity contribution in [3.8, 4) is 0 Å². The van der Waals surface area contributed by atoms with Crippen LogP contribution in [0.25, 0.3) is 0 Å². The van der Waals surface area contributed by atoms with Gasteiger partial charge in [-0.15, -0.1) is 0 Å². The summed E-state index contributed by atoms with van der Waals surface area (Å²) >= 11 is 0. The quantitative estimate of drug-likeness (QED) is 0.790. The van der Waals surface area contributed by atoms with E-state index in [0.29, 0.717) is 11.3 Å². The normalized spacial score (nSPS) is 20.9. The molecule has 0 heterocycles. The molecule has 1 aromatic rings. The average Bonchev–Trinajstić information content (AvgIpc) is 2.54. The molecule has 2 rings (SSSR count). The van der Waals surface area contributed by atoms with Crippen LogP contribution in [-0.2, 0) is 16.0 Å². The second-order valence-electron chi connectivity index (χ2n) is 6.58. The predicted molar refractivity (Wildman–Crippen MR) is 91.4 cm³/mol. The van der Waals surface area contributed by atoms with Gasteiger partial charge in [-0.3, -0.25) is 9.59 Å². The fraction of sp³-hybridized carbons (Fsp3) is 0.579. The number of rotatable bonds is 7. The van der Waals surface area contributed by atoms with E-state index >= 15 is 0 Å². The average molecular weight is 317 g/mol. The molecule has 1 aliphatic rings. The smallest absolute Gasteiger partial charge is 0.307 e. The van der Waals surface area contributed by atoms with Crippen molar-refractivity contribution in [2.24, 2.45) is 11.8 Å². The standard InChI is InChI=1S/C19H27NO3/c1-2-3-6-14-9-11-15(12-10-14)19(23)20-17-8-5-4-7-16(17)13-18(21)22/h4-5,7-8,14-15H,2-3,6,9-13H2,1H3,(H,20,23)(H,21,22). The van der Waals surface area contributed by atoms with Crippen molar-refractivity contribution in [3.63, 3.8) is 0 Å². The Kier molecular flexibility index (Phi) is 6.63. The molecule has 0 spiro atoms. The van der Waals surface area contributed by atoms with Gasteiger partial charge in [-0.1, -0.05) is 44.4 Å². The van der Waals surface area contributed by atoms with Gasteiger partial charge in [0.25, 0.3) is 0 Å². The molecule has 0 atom stereocenters. The van der Waals surface area contributed by atoms with E-state index in [4.69, 9.17) is 5.11 Å². The summed E-state index contributed by atoms with van der Waals surface area (Å²) in [5.41, 5.74) is 1.29. The van der Waals surface area contributed by atoms with Crippen LogP contribution in [0, 0.1) is 11.8 Å². The molecule has 1 amide bonds. The first-order valence-corrected chi connectivity index (χ1v) is 8.70. The molecular formula is C19H27NO3. The molecule has 1 saturated carbocycles. The molecule has 2 N–H and O–H groups in total. The maximum atomic E-state index is 12.5. The highest BCUT2D eigenvalue weighted by molar-refractivity contribution is 5.93. The number of amides is 1. The number of nitrogens with one attached hydrogen (secondary N) is 1. The van der Waals surface area contributed by atoms with Crippen molar-refractivity contribution in [2.45, 2.75) is 58.3 Å². The Morgan fingerprint density at radius 2 is 1.87 bits per heavy atom. The monoisotopic (exact) mass is 317 g/mol. The van der Waals surface area contributed by atoms with Crippen LogP contribution in [0.1, 0.15) is 57.4 Å². The zero-order chi connectivity index (χ0) is 16.7. The highest BCUT2D eigenvalue weighted by atomic mass is 16.4. The second-order valence-corrected chi connectivity index (χ2v) is 6.58. The van der Waals surface area contributed by atoms with Gasteiger partial charge in [-0.05, 0) is 43.2 Å². The maximum absolute atomic E-state index is 12.5. The summed E-state index contributed by atoms with van der Waals surface area (Å²) in [6.07, 6.45) is 7.89. The van der Waals surface area contributed by atoms with Crippen molar-refractivity contribution in [1.29, 1.82) is 0 Å². The minimum absolute atomic E-state index is 0.0387. The first kappa shape index (κ1) is 17.5. The third-order valence-electron chi connectivity index (χ3n) is 4.80. The lowest BCUT2D eigenvalue weighted by atomic mass is 9.79.